The highest BCUT2D eigenvalue weighted by atomic mass is 79.9. The highest BCUT2D eigenvalue weighted by Gasteiger charge is 1.96. The van der Waals surface area contributed by atoms with Crippen molar-refractivity contribution in [2.24, 2.45) is 5.73 Å². The lowest BCUT2D eigenvalue weighted by Gasteiger charge is -1.92. The van der Waals surface area contributed by atoms with Crippen LogP contribution in [0.5, 0.6) is 0 Å². The fraction of sp³-hybridized carbons (Fsp3) is 0.375. The van der Waals surface area contributed by atoms with Gasteiger partial charge in [0.05, 0.1) is 0 Å². The first-order valence-electron chi connectivity index (χ1n) is 3.36. The van der Waals surface area contributed by atoms with Crippen molar-refractivity contribution >= 4 is 21.7 Å². The van der Waals surface area contributed by atoms with Gasteiger partial charge in [-0.3, -0.25) is 4.79 Å². The van der Waals surface area contributed by atoms with E-state index < -0.39 is 0 Å². The normalized spacial score (nSPS) is 12.5. The van der Waals surface area contributed by atoms with Crippen molar-refractivity contribution in [1.82, 2.24) is 0 Å². The van der Waals surface area contributed by atoms with Crippen LogP contribution in [0.3, 0.4) is 0 Å². The number of alkyl halides is 1. The van der Waals surface area contributed by atoms with Gasteiger partial charge in [0.2, 0.25) is 0 Å². The molecule has 3 heteroatoms. The van der Waals surface area contributed by atoms with Crippen molar-refractivity contribution in [2.45, 2.75) is 6.92 Å². The summed E-state index contributed by atoms with van der Waals surface area (Å²) in [7, 11) is 0. The summed E-state index contributed by atoms with van der Waals surface area (Å²) in [5.41, 5.74) is 5.94. The van der Waals surface area contributed by atoms with E-state index in [1.807, 2.05) is 6.08 Å². The highest BCUT2D eigenvalue weighted by molar-refractivity contribution is 9.09. The molecule has 0 aromatic heterocycles. The van der Waals surface area contributed by atoms with Crippen LogP contribution >= 0.6 is 15.9 Å². The number of ketones is 1. The molecule has 0 rings (SSSR count). The van der Waals surface area contributed by atoms with Gasteiger partial charge in [-0.2, -0.15) is 0 Å². The van der Waals surface area contributed by atoms with E-state index in [2.05, 4.69) is 15.9 Å². The minimum Gasteiger partial charge on any atom is -0.327 e. The van der Waals surface area contributed by atoms with Gasteiger partial charge in [-0.25, -0.2) is 0 Å². The molecule has 0 amide bonds. The van der Waals surface area contributed by atoms with E-state index in [9.17, 15) is 4.79 Å². The van der Waals surface area contributed by atoms with Gasteiger partial charge in [0.25, 0.3) is 0 Å². The quantitative estimate of drug-likeness (QED) is 0.440. The molecule has 0 bridgehead atoms. The molecule has 0 radical (unpaired) electrons. The molecule has 0 heterocycles. The Morgan fingerprint density at radius 2 is 2.27 bits per heavy atom. The zero-order valence-electron chi connectivity index (χ0n) is 6.51. The van der Waals surface area contributed by atoms with Gasteiger partial charge in [0.1, 0.15) is 0 Å². The van der Waals surface area contributed by atoms with Crippen LogP contribution in [0.15, 0.2) is 23.8 Å². The van der Waals surface area contributed by atoms with Gasteiger partial charge in [0, 0.05) is 17.4 Å². The van der Waals surface area contributed by atoms with Crippen LogP contribution in [0, 0.1) is 0 Å². The maximum atomic E-state index is 10.9. The van der Waals surface area contributed by atoms with Crippen molar-refractivity contribution in [2.75, 3.05) is 11.9 Å². The van der Waals surface area contributed by atoms with E-state index >= 15 is 0 Å². The molecular weight excluding hydrogens is 206 g/mol. The second-order valence-corrected chi connectivity index (χ2v) is 2.66. The third kappa shape index (κ3) is 4.93. The van der Waals surface area contributed by atoms with Crippen molar-refractivity contribution in [3.8, 4) is 0 Å². The second-order valence-electron chi connectivity index (χ2n) is 2.01. The van der Waals surface area contributed by atoms with E-state index in [0.717, 1.165) is 0 Å². The fourth-order valence-electron chi connectivity index (χ4n) is 0.607. The number of hydrogen-bond donors (Lipinski definition) is 1. The lowest BCUT2D eigenvalue weighted by molar-refractivity contribution is -0.113. The maximum Gasteiger partial charge on any atom is 0.159 e. The summed E-state index contributed by atoms with van der Waals surface area (Å²) < 4.78 is 0. The van der Waals surface area contributed by atoms with Crippen molar-refractivity contribution in [1.29, 1.82) is 0 Å². The Morgan fingerprint density at radius 1 is 1.64 bits per heavy atom. The molecular formula is C8H12BrNO. The lowest BCUT2D eigenvalue weighted by atomic mass is 10.1. The second kappa shape index (κ2) is 6.31. The first-order valence-corrected chi connectivity index (χ1v) is 4.48. The van der Waals surface area contributed by atoms with Crippen LogP contribution in [-0.4, -0.2) is 17.7 Å². The molecule has 0 aliphatic carbocycles. The van der Waals surface area contributed by atoms with Crippen LogP contribution in [0.25, 0.3) is 0 Å². The van der Waals surface area contributed by atoms with Gasteiger partial charge in [0.15, 0.2) is 5.78 Å². The van der Waals surface area contributed by atoms with Crippen LogP contribution in [0.2, 0.25) is 0 Å². The Kier molecular flexibility index (Phi) is 6.07. The first kappa shape index (κ1) is 10.6. The number of halogens is 1. The number of hydrogen-bond acceptors (Lipinski definition) is 2. The summed E-state index contributed by atoms with van der Waals surface area (Å²) >= 11 is 3.22. The smallest absolute Gasteiger partial charge is 0.159 e. The number of allylic oxidation sites excluding steroid dienone is 3. The Balaban J connectivity index is 4.23. The van der Waals surface area contributed by atoms with Crippen LogP contribution in [-0.2, 0) is 4.79 Å². The minimum absolute atomic E-state index is 0.0640. The molecule has 0 fully saturated rings. The Morgan fingerprint density at radius 3 is 2.64 bits per heavy atom. The molecule has 0 spiro atoms. The van der Waals surface area contributed by atoms with Gasteiger partial charge in [-0.1, -0.05) is 34.2 Å². The Hall–Kier alpha value is -0.410. The monoisotopic (exact) mass is 217 g/mol. The Labute approximate surface area is 75.3 Å². The van der Waals surface area contributed by atoms with E-state index in [0.29, 0.717) is 17.4 Å². The third-order valence-electron chi connectivity index (χ3n) is 1.14. The highest BCUT2D eigenvalue weighted by Crippen LogP contribution is 1.99. The van der Waals surface area contributed by atoms with E-state index in [-0.39, 0.29) is 5.78 Å². The SMILES string of the molecule is CC(=O)C(/C=C\CN)=C/CBr. The predicted molar refractivity (Wildman–Crippen MR) is 50.8 cm³/mol. The summed E-state index contributed by atoms with van der Waals surface area (Å²) in [6.07, 6.45) is 5.31. The molecule has 2 N–H and O–H groups in total. The first-order chi connectivity index (χ1) is 5.22. The molecule has 0 atom stereocenters. The number of carbonyl (C=O) groups is 1. The molecule has 0 saturated heterocycles. The van der Waals surface area contributed by atoms with E-state index in [1.54, 1.807) is 12.2 Å². The molecule has 0 aromatic carbocycles. The lowest BCUT2D eigenvalue weighted by Crippen LogP contribution is -1.97. The van der Waals surface area contributed by atoms with Gasteiger partial charge in [-0.05, 0) is 6.92 Å². The molecule has 62 valence electrons. The summed E-state index contributed by atoms with van der Waals surface area (Å²) in [6.45, 7) is 2.00. The van der Waals surface area contributed by atoms with Crippen molar-refractivity contribution < 1.29 is 4.79 Å². The third-order valence-corrected chi connectivity index (χ3v) is 1.46. The number of nitrogens with two attached hydrogens (primary N) is 1. The van der Waals surface area contributed by atoms with Gasteiger partial charge in [-0.15, -0.1) is 0 Å². The number of rotatable bonds is 4. The minimum atomic E-state index is 0.0640. The number of carbonyl (C=O) groups excluding carboxylic acids is 1. The number of Topliss-reactive ketones (excluding diaryl/α,β-unsaturated/α-hetero) is 1. The predicted octanol–water partition coefficient (Wildman–Crippen LogP) is 1.41. The molecule has 0 aromatic rings. The molecule has 11 heavy (non-hydrogen) atoms. The fourth-order valence-corrected chi connectivity index (χ4v) is 0.956. The zero-order chi connectivity index (χ0) is 8.69. The van der Waals surface area contributed by atoms with Crippen LogP contribution in [0.1, 0.15) is 6.92 Å². The molecule has 2 nitrogen and oxygen atoms in total. The molecule has 0 aliphatic heterocycles. The average molecular weight is 218 g/mol. The Bertz CT molecular complexity index is 185. The largest absolute Gasteiger partial charge is 0.327 e. The van der Waals surface area contributed by atoms with E-state index in [4.69, 9.17) is 5.73 Å². The standard InChI is InChI=1S/C8H12BrNO/c1-7(11)8(4-5-9)3-2-6-10/h2-4H,5-6,10H2,1H3/b3-2-,8-4+. The van der Waals surface area contributed by atoms with Crippen molar-refractivity contribution in [3.63, 3.8) is 0 Å². The van der Waals surface area contributed by atoms with Gasteiger partial charge < -0.3 is 5.73 Å². The maximum absolute atomic E-state index is 10.9. The summed E-state index contributed by atoms with van der Waals surface area (Å²) in [4.78, 5) is 10.9. The summed E-state index contributed by atoms with van der Waals surface area (Å²) in [6, 6.07) is 0. The molecule has 0 unspecified atom stereocenters. The average Bonchev–Trinajstić information content (AvgIpc) is 1.97. The topological polar surface area (TPSA) is 43.1 Å². The molecule has 0 saturated carbocycles. The van der Waals surface area contributed by atoms with Gasteiger partial charge >= 0.3 is 0 Å². The van der Waals surface area contributed by atoms with Crippen molar-refractivity contribution in [3.05, 3.63) is 23.8 Å². The zero-order valence-corrected chi connectivity index (χ0v) is 8.10. The van der Waals surface area contributed by atoms with Crippen LogP contribution < -0.4 is 5.73 Å². The molecule has 0 aliphatic rings. The van der Waals surface area contributed by atoms with Crippen LogP contribution in [0.4, 0.5) is 0 Å². The summed E-state index contributed by atoms with van der Waals surface area (Å²) in [5, 5.41) is 0.691. The summed E-state index contributed by atoms with van der Waals surface area (Å²) in [5.74, 6) is 0.0640. The van der Waals surface area contributed by atoms with E-state index in [1.165, 1.54) is 6.92 Å².